The van der Waals surface area contributed by atoms with Crippen molar-refractivity contribution in [2.24, 2.45) is 11.8 Å². The molecule has 2 nitrogen and oxygen atoms in total. The summed E-state index contributed by atoms with van der Waals surface area (Å²) in [7, 11) is 0. The van der Waals surface area contributed by atoms with E-state index in [1.807, 2.05) is 0 Å². The molecule has 0 aromatic rings. The van der Waals surface area contributed by atoms with Crippen LogP contribution in [0.5, 0.6) is 0 Å². The highest BCUT2D eigenvalue weighted by atomic mass is 16.3. The average Bonchev–Trinajstić information content (AvgIpc) is 2.08. The summed E-state index contributed by atoms with van der Waals surface area (Å²) in [5.41, 5.74) is 0. The zero-order valence-corrected chi connectivity index (χ0v) is 9.16. The van der Waals surface area contributed by atoms with Crippen LogP contribution >= 0.6 is 0 Å². The van der Waals surface area contributed by atoms with Crippen molar-refractivity contribution in [1.82, 2.24) is 4.90 Å². The Hall–Kier alpha value is -0.0800. The molecule has 2 heteroatoms. The highest BCUT2D eigenvalue weighted by Crippen LogP contribution is 2.16. The van der Waals surface area contributed by atoms with Crippen molar-refractivity contribution >= 4 is 0 Å². The summed E-state index contributed by atoms with van der Waals surface area (Å²) in [6.45, 7) is 9.69. The van der Waals surface area contributed by atoms with E-state index in [2.05, 4.69) is 25.7 Å². The number of hydrogen-bond acceptors (Lipinski definition) is 2. The van der Waals surface area contributed by atoms with E-state index in [1.165, 1.54) is 25.9 Å². The van der Waals surface area contributed by atoms with E-state index in [4.69, 9.17) is 0 Å². The van der Waals surface area contributed by atoms with Gasteiger partial charge in [0, 0.05) is 6.54 Å². The van der Waals surface area contributed by atoms with Crippen LogP contribution in [0.1, 0.15) is 33.6 Å². The summed E-state index contributed by atoms with van der Waals surface area (Å²) in [6, 6.07) is 0. The molecule has 0 saturated carbocycles. The Balaban J connectivity index is 2.22. The maximum absolute atomic E-state index is 9.70. The zero-order chi connectivity index (χ0) is 9.84. The van der Waals surface area contributed by atoms with Crippen molar-refractivity contribution in [1.29, 1.82) is 0 Å². The minimum atomic E-state index is -0.145. The van der Waals surface area contributed by atoms with Gasteiger partial charge in [0.15, 0.2) is 0 Å². The van der Waals surface area contributed by atoms with Crippen molar-refractivity contribution in [2.45, 2.75) is 39.7 Å². The topological polar surface area (TPSA) is 23.5 Å². The number of likely N-dealkylation sites (tertiary alicyclic amines) is 1. The molecule has 78 valence electrons. The molecule has 0 spiro atoms. The minimum Gasteiger partial charge on any atom is -0.392 e. The highest BCUT2D eigenvalue weighted by molar-refractivity contribution is 4.73. The van der Waals surface area contributed by atoms with Crippen LogP contribution in [-0.4, -0.2) is 35.7 Å². The van der Waals surface area contributed by atoms with E-state index in [0.29, 0.717) is 5.92 Å². The van der Waals surface area contributed by atoms with Crippen LogP contribution in [0, 0.1) is 11.8 Å². The van der Waals surface area contributed by atoms with Gasteiger partial charge in [0.25, 0.3) is 0 Å². The predicted molar refractivity (Wildman–Crippen MR) is 55.7 cm³/mol. The third kappa shape index (κ3) is 3.65. The van der Waals surface area contributed by atoms with Gasteiger partial charge < -0.3 is 10.0 Å². The Morgan fingerprint density at radius 3 is 2.31 bits per heavy atom. The maximum Gasteiger partial charge on any atom is 0.0689 e. The van der Waals surface area contributed by atoms with Gasteiger partial charge in [-0.2, -0.15) is 0 Å². The molecule has 13 heavy (non-hydrogen) atoms. The van der Waals surface area contributed by atoms with E-state index < -0.39 is 0 Å². The molecule has 0 radical (unpaired) electrons. The number of rotatable bonds is 3. The van der Waals surface area contributed by atoms with E-state index in [-0.39, 0.29) is 6.10 Å². The Morgan fingerprint density at radius 1 is 1.31 bits per heavy atom. The SMILES string of the molecule is CC1CCN(CC(O)C(C)C)CC1. The number of aliphatic hydroxyl groups excluding tert-OH is 1. The smallest absolute Gasteiger partial charge is 0.0689 e. The van der Waals surface area contributed by atoms with Gasteiger partial charge in [-0.15, -0.1) is 0 Å². The fourth-order valence-corrected chi connectivity index (χ4v) is 1.72. The van der Waals surface area contributed by atoms with Gasteiger partial charge in [-0.1, -0.05) is 20.8 Å². The number of piperidine rings is 1. The van der Waals surface area contributed by atoms with E-state index in [1.54, 1.807) is 0 Å². The molecular formula is C11H23NO. The molecule has 1 rings (SSSR count). The van der Waals surface area contributed by atoms with E-state index in [9.17, 15) is 5.11 Å². The monoisotopic (exact) mass is 185 g/mol. The van der Waals surface area contributed by atoms with Crippen molar-refractivity contribution in [2.75, 3.05) is 19.6 Å². The van der Waals surface area contributed by atoms with Gasteiger partial charge in [0.05, 0.1) is 6.10 Å². The first-order valence-electron chi connectivity index (χ1n) is 5.50. The van der Waals surface area contributed by atoms with Gasteiger partial charge in [-0.05, 0) is 37.8 Å². The number of hydrogen-bond donors (Lipinski definition) is 1. The van der Waals surface area contributed by atoms with Crippen molar-refractivity contribution in [3.05, 3.63) is 0 Å². The molecule has 0 aromatic carbocycles. The standard InChI is InChI=1S/C11H23NO/c1-9(2)11(13)8-12-6-4-10(3)5-7-12/h9-11,13H,4-8H2,1-3H3. The molecule has 0 amide bonds. The molecule has 1 aliphatic rings. The van der Waals surface area contributed by atoms with Crippen LogP contribution in [-0.2, 0) is 0 Å². The molecule has 1 fully saturated rings. The number of aliphatic hydroxyl groups is 1. The molecule has 1 atom stereocenters. The summed E-state index contributed by atoms with van der Waals surface area (Å²) in [6.07, 6.45) is 2.45. The molecule has 0 bridgehead atoms. The summed E-state index contributed by atoms with van der Waals surface area (Å²) in [4.78, 5) is 2.39. The van der Waals surface area contributed by atoms with Crippen LogP contribution < -0.4 is 0 Å². The Morgan fingerprint density at radius 2 is 1.85 bits per heavy atom. The average molecular weight is 185 g/mol. The lowest BCUT2D eigenvalue weighted by Gasteiger charge is -2.32. The molecule has 1 N–H and O–H groups in total. The number of β-amino-alcohol motifs (C(OH)–C–C–N with tert-alkyl or cyclic N) is 1. The van der Waals surface area contributed by atoms with Crippen molar-refractivity contribution < 1.29 is 5.11 Å². The lowest BCUT2D eigenvalue weighted by molar-refractivity contribution is 0.0619. The quantitative estimate of drug-likeness (QED) is 0.724. The molecule has 0 aromatic heterocycles. The fourth-order valence-electron chi connectivity index (χ4n) is 1.72. The molecule has 0 aliphatic carbocycles. The third-order valence-corrected chi connectivity index (χ3v) is 3.09. The second kappa shape index (κ2) is 4.97. The van der Waals surface area contributed by atoms with Crippen molar-refractivity contribution in [3.8, 4) is 0 Å². The summed E-state index contributed by atoms with van der Waals surface area (Å²) >= 11 is 0. The Kier molecular flexibility index (Phi) is 4.20. The van der Waals surface area contributed by atoms with E-state index >= 15 is 0 Å². The highest BCUT2D eigenvalue weighted by Gasteiger charge is 2.19. The predicted octanol–water partition coefficient (Wildman–Crippen LogP) is 1.74. The minimum absolute atomic E-state index is 0.145. The first-order valence-corrected chi connectivity index (χ1v) is 5.50. The molecule has 1 aliphatic heterocycles. The van der Waals surface area contributed by atoms with Crippen LogP contribution in [0.2, 0.25) is 0 Å². The first-order chi connectivity index (χ1) is 6.09. The molecule has 1 heterocycles. The van der Waals surface area contributed by atoms with Gasteiger partial charge >= 0.3 is 0 Å². The van der Waals surface area contributed by atoms with Gasteiger partial charge in [-0.3, -0.25) is 0 Å². The van der Waals surface area contributed by atoms with Crippen LogP contribution in [0.15, 0.2) is 0 Å². The molecule has 1 unspecified atom stereocenters. The van der Waals surface area contributed by atoms with Gasteiger partial charge in [0.2, 0.25) is 0 Å². The zero-order valence-electron chi connectivity index (χ0n) is 9.16. The summed E-state index contributed by atoms with van der Waals surface area (Å²) in [5, 5.41) is 9.70. The summed E-state index contributed by atoms with van der Waals surface area (Å²) < 4.78 is 0. The second-order valence-electron chi connectivity index (χ2n) is 4.79. The van der Waals surface area contributed by atoms with Crippen LogP contribution in [0.4, 0.5) is 0 Å². The number of nitrogens with zero attached hydrogens (tertiary/aromatic N) is 1. The second-order valence-corrected chi connectivity index (χ2v) is 4.79. The van der Waals surface area contributed by atoms with Crippen molar-refractivity contribution in [3.63, 3.8) is 0 Å². The van der Waals surface area contributed by atoms with Crippen LogP contribution in [0.3, 0.4) is 0 Å². The lowest BCUT2D eigenvalue weighted by Crippen LogP contribution is -2.39. The summed E-state index contributed by atoms with van der Waals surface area (Å²) in [5.74, 6) is 1.27. The molecular weight excluding hydrogens is 162 g/mol. The van der Waals surface area contributed by atoms with E-state index in [0.717, 1.165) is 12.5 Å². The lowest BCUT2D eigenvalue weighted by atomic mass is 9.98. The molecule has 1 saturated heterocycles. The van der Waals surface area contributed by atoms with Gasteiger partial charge in [-0.25, -0.2) is 0 Å². The maximum atomic E-state index is 9.70. The normalized spacial score (nSPS) is 23.8. The van der Waals surface area contributed by atoms with Gasteiger partial charge in [0.1, 0.15) is 0 Å². The third-order valence-electron chi connectivity index (χ3n) is 3.09. The fraction of sp³-hybridized carbons (Fsp3) is 1.00. The Labute approximate surface area is 81.9 Å². The van der Waals surface area contributed by atoms with Crippen LogP contribution in [0.25, 0.3) is 0 Å². The Bertz CT molecular complexity index is 139. The first kappa shape index (κ1) is 11.0. The largest absolute Gasteiger partial charge is 0.392 e.